The number of benzene rings is 2. The van der Waals surface area contributed by atoms with Gasteiger partial charge in [-0.15, -0.1) is 0 Å². The van der Waals surface area contributed by atoms with Crippen LogP contribution in [0.15, 0.2) is 60.8 Å². The Hall–Kier alpha value is -3.21. The smallest absolute Gasteiger partial charge is 0.306 e. The molecule has 0 radical (unpaired) electrons. The van der Waals surface area contributed by atoms with Crippen LogP contribution in [0.4, 0.5) is 4.39 Å². The lowest BCUT2D eigenvalue weighted by atomic mass is 10.0. The number of carbonyl (C=O) groups excluding carboxylic acids is 1. The van der Waals surface area contributed by atoms with Crippen LogP contribution in [0.3, 0.4) is 0 Å². The minimum absolute atomic E-state index is 0.197. The largest absolute Gasteiger partial charge is 0.489 e. The Morgan fingerprint density at radius 3 is 2.55 bits per heavy atom. The van der Waals surface area contributed by atoms with Crippen molar-refractivity contribution >= 4 is 5.97 Å². The van der Waals surface area contributed by atoms with Crippen molar-refractivity contribution in [3.63, 3.8) is 0 Å². The van der Waals surface area contributed by atoms with Gasteiger partial charge in [0.25, 0.3) is 0 Å². The first-order valence-electron chi connectivity index (χ1n) is 9.64. The second kappa shape index (κ2) is 9.82. The normalized spacial score (nSPS) is 10.6. The number of aryl methyl sites for hydroxylation is 2. The molecule has 3 rings (SSSR count). The lowest BCUT2D eigenvalue weighted by Gasteiger charge is -2.12. The Morgan fingerprint density at radius 1 is 1.07 bits per heavy atom. The minimum atomic E-state index is -0.304. The van der Waals surface area contributed by atoms with Gasteiger partial charge in [0.2, 0.25) is 0 Å². The standard InChI is InChI=1S/C24H24FNO3/c1-3-28-24(27)13-7-18-5-10-22(11-6-18)29-16-20-14-21(25)9-12-23(20)19-8-4-17(2)26-15-19/h4-6,8-12,14-15H,3,7,13,16H2,1-2H3. The highest BCUT2D eigenvalue weighted by Crippen LogP contribution is 2.26. The SMILES string of the molecule is CCOC(=O)CCc1ccc(OCc2cc(F)ccc2-c2ccc(C)nc2)cc1. The third kappa shape index (κ3) is 5.88. The summed E-state index contributed by atoms with van der Waals surface area (Å²) in [5, 5.41) is 0. The van der Waals surface area contributed by atoms with E-state index in [1.165, 1.54) is 12.1 Å². The summed E-state index contributed by atoms with van der Waals surface area (Å²) in [6.07, 6.45) is 2.75. The minimum Gasteiger partial charge on any atom is -0.489 e. The Labute approximate surface area is 170 Å². The second-order valence-corrected chi connectivity index (χ2v) is 6.73. The summed E-state index contributed by atoms with van der Waals surface area (Å²) in [6.45, 7) is 4.35. The van der Waals surface area contributed by atoms with Crippen molar-refractivity contribution in [1.82, 2.24) is 4.98 Å². The van der Waals surface area contributed by atoms with Crippen LogP contribution in [0, 0.1) is 12.7 Å². The molecule has 0 unspecified atom stereocenters. The van der Waals surface area contributed by atoms with Crippen molar-refractivity contribution in [2.24, 2.45) is 0 Å². The van der Waals surface area contributed by atoms with Crippen molar-refractivity contribution in [1.29, 1.82) is 0 Å². The number of pyridine rings is 1. The highest BCUT2D eigenvalue weighted by molar-refractivity contribution is 5.69. The maximum absolute atomic E-state index is 13.8. The van der Waals surface area contributed by atoms with Gasteiger partial charge in [-0.05, 0) is 61.7 Å². The van der Waals surface area contributed by atoms with Crippen molar-refractivity contribution < 1.29 is 18.7 Å². The molecule has 3 aromatic rings. The molecule has 1 aromatic heterocycles. The molecule has 4 nitrogen and oxygen atoms in total. The maximum Gasteiger partial charge on any atom is 0.306 e. The molecule has 0 aliphatic rings. The predicted octanol–water partition coefficient (Wildman–Crippen LogP) is 5.27. The Balaban J connectivity index is 1.66. The quantitative estimate of drug-likeness (QED) is 0.489. The third-order valence-corrected chi connectivity index (χ3v) is 4.53. The molecule has 5 heteroatoms. The first kappa shape index (κ1) is 20.5. The number of ether oxygens (including phenoxy) is 2. The highest BCUT2D eigenvalue weighted by Gasteiger charge is 2.09. The third-order valence-electron chi connectivity index (χ3n) is 4.53. The van der Waals surface area contributed by atoms with E-state index in [0.29, 0.717) is 25.2 Å². The van der Waals surface area contributed by atoms with Gasteiger partial charge in [0.1, 0.15) is 18.2 Å². The summed E-state index contributed by atoms with van der Waals surface area (Å²) in [7, 11) is 0. The van der Waals surface area contributed by atoms with E-state index in [-0.39, 0.29) is 18.4 Å². The molecule has 0 N–H and O–H groups in total. The predicted molar refractivity (Wildman–Crippen MR) is 110 cm³/mol. The summed E-state index contributed by atoms with van der Waals surface area (Å²) in [6, 6.07) is 16.1. The zero-order valence-corrected chi connectivity index (χ0v) is 16.7. The van der Waals surface area contributed by atoms with Crippen LogP contribution in [0.1, 0.15) is 30.2 Å². The van der Waals surface area contributed by atoms with E-state index in [9.17, 15) is 9.18 Å². The molecular formula is C24H24FNO3. The van der Waals surface area contributed by atoms with E-state index in [1.807, 2.05) is 43.3 Å². The van der Waals surface area contributed by atoms with E-state index in [4.69, 9.17) is 9.47 Å². The Morgan fingerprint density at radius 2 is 1.86 bits per heavy atom. The number of hydrogen-bond donors (Lipinski definition) is 0. The van der Waals surface area contributed by atoms with Crippen molar-refractivity contribution in [2.45, 2.75) is 33.3 Å². The van der Waals surface area contributed by atoms with E-state index in [0.717, 1.165) is 27.9 Å². The monoisotopic (exact) mass is 393 g/mol. The molecule has 1 heterocycles. The lowest BCUT2D eigenvalue weighted by Crippen LogP contribution is -2.05. The molecule has 0 aliphatic heterocycles. The zero-order valence-electron chi connectivity index (χ0n) is 16.7. The van der Waals surface area contributed by atoms with Gasteiger partial charge >= 0.3 is 5.97 Å². The fourth-order valence-corrected chi connectivity index (χ4v) is 2.98. The van der Waals surface area contributed by atoms with Gasteiger partial charge in [-0.25, -0.2) is 4.39 Å². The molecular weight excluding hydrogens is 369 g/mol. The topological polar surface area (TPSA) is 48.4 Å². The fourth-order valence-electron chi connectivity index (χ4n) is 2.98. The van der Waals surface area contributed by atoms with Crippen LogP contribution < -0.4 is 4.74 Å². The Bertz CT molecular complexity index is 953. The number of rotatable bonds is 8. The fraction of sp³-hybridized carbons (Fsp3) is 0.250. The Kier molecular flexibility index (Phi) is 6.95. The molecule has 0 fully saturated rings. The van der Waals surface area contributed by atoms with Gasteiger partial charge in [-0.3, -0.25) is 9.78 Å². The number of esters is 1. The van der Waals surface area contributed by atoms with Crippen LogP contribution >= 0.6 is 0 Å². The number of halogens is 1. The zero-order chi connectivity index (χ0) is 20.6. The molecule has 0 bridgehead atoms. The van der Waals surface area contributed by atoms with Crippen LogP contribution in [0.2, 0.25) is 0 Å². The first-order chi connectivity index (χ1) is 14.0. The molecule has 2 aromatic carbocycles. The van der Waals surface area contributed by atoms with Crippen LogP contribution in [0.5, 0.6) is 5.75 Å². The van der Waals surface area contributed by atoms with Gasteiger partial charge in [0.05, 0.1) is 6.61 Å². The lowest BCUT2D eigenvalue weighted by molar-refractivity contribution is -0.143. The molecule has 0 saturated carbocycles. The average Bonchev–Trinajstić information content (AvgIpc) is 2.73. The van der Waals surface area contributed by atoms with Crippen LogP contribution in [-0.2, 0) is 22.6 Å². The van der Waals surface area contributed by atoms with Crippen LogP contribution in [0.25, 0.3) is 11.1 Å². The molecule has 0 saturated heterocycles. The molecule has 0 amide bonds. The molecule has 0 atom stereocenters. The molecule has 0 aliphatic carbocycles. The highest BCUT2D eigenvalue weighted by atomic mass is 19.1. The summed E-state index contributed by atoms with van der Waals surface area (Å²) in [4.78, 5) is 15.8. The summed E-state index contributed by atoms with van der Waals surface area (Å²) in [5.74, 6) is 0.181. The van der Waals surface area contributed by atoms with E-state index < -0.39 is 0 Å². The maximum atomic E-state index is 13.8. The van der Waals surface area contributed by atoms with Crippen molar-refractivity contribution in [2.75, 3.05) is 6.61 Å². The average molecular weight is 393 g/mol. The molecule has 29 heavy (non-hydrogen) atoms. The number of hydrogen-bond acceptors (Lipinski definition) is 4. The van der Waals surface area contributed by atoms with E-state index in [2.05, 4.69) is 4.98 Å². The summed E-state index contributed by atoms with van der Waals surface area (Å²) >= 11 is 0. The number of carbonyl (C=O) groups is 1. The van der Waals surface area contributed by atoms with Gasteiger partial charge in [-0.2, -0.15) is 0 Å². The van der Waals surface area contributed by atoms with Crippen molar-refractivity contribution in [3.05, 3.63) is 83.4 Å². The molecule has 0 spiro atoms. The van der Waals surface area contributed by atoms with Gasteiger partial charge < -0.3 is 9.47 Å². The first-order valence-corrected chi connectivity index (χ1v) is 9.64. The van der Waals surface area contributed by atoms with Crippen LogP contribution in [-0.4, -0.2) is 17.6 Å². The second-order valence-electron chi connectivity index (χ2n) is 6.73. The molecule has 150 valence electrons. The van der Waals surface area contributed by atoms with E-state index in [1.54, 1.807) is 19.2 Å². The van der Waals surface area contributed by atoms with E-state index >= 15 is 0 Å². The number of nitrogens with zero attached hydrogens (tertiary/aromatic N) is 1. The summed E-state index contributed by atoms with van der Waals surface area (Å²) < 4.78 is 24.6. The van der Waals surface area contributed by atoms with Crippen molar-refractivity contribution in [3.8, 4) is 16.9 Å². The van der Waals surface area contributed by atoms with Gasteiger partial charge in [0, 0.05) is 29.4 Å². The summed E-state index contributed by atoms with van der Waals surface area (Å²) in [5.41, 5.74) is 4.52. The number of aromatic nitrogens is 1. The van der Waals surface area contributed by atoms with Gasteiger partial charge in [-0.1, -0.05) is 24.3 Å². The van der Waals surface area contributed by atoms with Gasteiger partial charge in [0.15, 0.2) is 0 Å².